The van der Waals surface area contributed by atoms with E-state index >= 15 is 0 Å². The summed E-state index contributed by atoms with van der Waals surface area (Å²) in [4.78, 5) is 12.1. The van der Waals surface area contributed by atoms with E-state index in [1.807, 2.05) is 18.3 Å². The van der Waals surface area contributed by atoms with Crippen molar-refractivity contribution in [1.29, 1.82) is 0 Å². The van der Waals surface area contributed by atoms with Crippen molar-refractivity contribution in [3.8, 4) is 0 Å². The molecule has 0 amide bonds. The van der Waals surface area contributed by atoms with Gasteiger partial charge in [-0.1, -0.05) is 6.07 Å². The standard InChI is InChI=1S/C12H14N4/c1-10(11-3-2-5-13-7-11)15-8-12-4-6-14-9-16-12/h2-7,9-10,15H,8H2,1H3/t10-/m1/s1. The van der Waals surface area contributed by atoms with Gasteiger partial charge in [-0.05, 0) is 24.6 Å². The molecule has 4 nitrogen and oxygen atoms in total. The van der Waals surface area contributed by atoms with Gasteiger partial charge in [0.25, 0.3) is 0 Å². The van der Waals surface area contributed by atoms with Gasteiger partial charge in [0.1, 0.15) is 6.33 Å². The molecular formula is C12H14N4. The first-order valence-electron chi connectivity index (χ1n) is 5.24. The number of nitrogens with one attached hydrogen (secondary N) is 1. The molecule has 1 atom stereocenters. The lowest BCUT2D eigenvalue weighted by Crippen LogP contribution is -2.18. The summed E-state index contributed by atoms with van der Waals surface area (Å²) in [6.07, 6.45) is 6.96. The van der Waals surface area contributed by atoms with Crippen LogP contribution in [0, 0.1) is 0 Å². The van der Waals surface area contributed by atoms with Gasteiger partial charge in [-0.3, -0.25) is 4.98 Å². The van der Waals surface area contributed by atoms with Gasteiger partial charge in [-0.15, -0.1) is 0 Å². The van der Waals surface area contributed by atoms with Crippen molar-refractivity contribution in [3.05, 3.63) is 54.4 Å². The highest BCUT2D eigenvalue weighted by Crippen LogP contribution is 2.10. The summed E-state index contributed by atoms with van der Waals surface area (Å²) < 4.78 is 0. The highest BCUT2D eigenvalue weighted by Gasteiger charge is 2.04. The molecule has 2 rings (SSSR count). The SMILES string of the molecule is C[C@@H](NCc1ccncn1)c1cccnc1. The lowest BCUT2D eigenvalue weighted by Gasteiger charge is -2.12. The molecule has 0 unspecified atom stereocenters. The zero-order valence-corrected chi connectivity index (χ0v) is 9.17. The predicted molar refractivity (Wildman–Crippen MR) is 61.5 cm³/mol. The van der Waals surface area contributed by atoms with Gasteiger partial charge in [0.15, 0.2) is 0 Å². The van der Waals surface area contributed by atoms with E-state index in [-0.39, 0.29) is 6.04 Å². The molecule has 2 aromatic heterocycles. The van der Waals surface area contributed by atoms with Crippen LogP contribution in [0.1, 0.15) is 24.2 Å². The zero-order valence-electron chi connectivity index (χ0n) is 9.17. The maximum atomic E-state index is 4.16. The summed E-state index contributed by atoms with van der Waals surface area (Å²) in [5.74, 6) is 0. The fourth-order valence-corrected chi connectivity index (χ4v) is 1.43. The molecule has 82 valence electrons. The third-order valence-corrected chi connectivity index (χ3v) is 2.42. The summed E-state index contributed by atoms with van der Waals surface area (Å²) in [5.41, 5.74) is 2.17. The van der Waals surface area contributed by atoms with Gasteiger partial charge >= 0.3 is 0 Å². The van der Waals surface area contributed by atoms with Crippen molar-refractivity contribution in [2.24, 2.45) is 0 Å². The van der Waals surface area contributed by atoms with Crippen molar-refractivity contribution in [2.45, 2.75) is 19.5 Å². The van der Waals surface area contributed by atoms with E-state index in [9.17, 15) is 0 Å². The van der Waals surface area contributed by atoms with Crippen LogP contribution < -0.4 is 5.32 Å². The minimum atomic E-state index is 0.267. The quantitative estimate of drug-likeness (QED) is 0.842. The van der Waals surface area contributed by atoms with Gasteiger partial charge in [0.05, 0.1) is 5.69 Å². The van der Waals surface area contributed by atoms with Crippen molar-refractivity contribution >= 4 is 0 Å². The van der Waals surface area contributed by atoms with Crippen LogP contribution in [0.2, 0.25) is 0 Å². The highest BCUT2D eigenvalue weighted by molar-refractivity contribution is 5.13. The number of hydrogen-bond donors (Lipinski definition) is 1. The minimum absolute atomic E-state index is 0.267. The first-order chi connectivity index (χ1) is 7.86. The second-order valence-corrected chi connectivity index (χ2v) is 3.59. The molecule has 0 aromatic carbocycles. The molecule has 1 N–H and O–H groups in total. The van der Waals surface area contributed by atoms with Crippen molar-refractivity contribution in [3.63, 3.8) is 0 Å². The number of nitrogens with zero attached hydrogens (tertiary/aromatic N) is 3. The second kappa shape index (κ2) is 5.32. The molecule has 0 spiro atoms. The monoisotopic (exact) mass is 214 g/mol. The van der Waals surface area contributed by atoms with Gasteiger partial charge in [0, 0.05) is 31.2 Å². The van der Waals surface area contributed by atoms with Crippen molar-refractivity contribution in [1.82, 2.24) is 20.3 Å². The Bertz CT molecular complexity index is 416. The number of rotatable bonds is 4. The highest BCUT2D eigenvalue weighted by atomic mass is 14.9. The molecule has 0 bridgehead atoms. The fourth-order valence-electron chi connectivity index (χ4n) is 1.43. The molecule has 0 saturated heterocycles. The maximum Gasteiger partial charge on any atom is 0.115 e. The molecular weight excluding hydrogens is 200 g/mol. The normalized spacial score (nSPS) is 12.3. The Morgan fingerprint density at radius 2 is 2.19 bits per heavy atom. The molecule has 16 heavy (non-hydrogen) atoms. The smallest absolute Gasteiger partial charge is 0.115 e. The number of aromatic nitrogens is 3. The molecule has 2 aromatic rings. The van der Waals surface area contributed by atoms with E-state index in [0.717, 1.165) is 12.2 Å². The van der Waals surface area contributed by atoms with Crippen LogP contribution in [-0.2, 0) is 6.54 Å². The maximum absolute atomic E-state index is 4.16. The fraction of sp³-hybridized carbons (Fsp3) is 0.250. The van der Waals surface area contributed by atoms with Crippen LogP contribution in [0.3, 0.4) is 0 Å². The van der Waals surface area contributed by atoms with E-state index in [1.54, 1.807) is 18.7 Å². The summed E-state index contributed by atoms with van der Waals surface area (Å²) in [5, 5.41) is 3.38. The van der Waals surface area contributed by atoms with E-state index in [1.165, 1.54) is 5.56 Å². The van der Waals surface area contributed by atoms with Crippen LogP contribution in [0.5, 0.6) is 0 Å². The molecule has 2 heterocycles. The Hall–Kier alpha value is -1.81. The lowest BCUT2D eigenvalue weighted by atomic mass is 10.1. The van der Waals surface area contributed by atoms with Crippen LogP contribution in [0.4, 0.5) is 0 Å². The lowest BCUT2D eigenvalue weighted by molar-refractivity contribution is 0.565. The summed E-state index contributed by atoms with van der Waals surface area (Å²) in [7, 11) is 0. The Labute approximate surface area is 94.8 Å². The van der Waals surface area contributed by atoms with Crippen molar-refractivity contribution in [2.75, 3.05) is 0 Å². The van der Waals surface area contributed by atoms with E-state index < -0.39 is 0 Å². The molecule has 4 heteroatoms. The molecule has 0 saturated carbocycles. The first kappa shape index (κ1) is 10.7. The van der Waals surface area contributed by atoms with E-state index in [2.05, 4.69) is 33.3 Å². The summed E-state index contributed by atoms with van der Waals surface area (Å²) in [6.45, 7) is 2.84. The largest absolute Gasteiger partial charge is 0.305 e. The Kier molecular flexibility index (Phi) is 3.56. The van der Waals surface area contributed by atoms with Crippen molar-refractivity contribution < 1.29 is 0 Å². The van der Waals surface area contributed by atoms with Crippen LogP contribution >= 0.6 is 0 Å². The predicted octanol–water partition coefficient (Wildman–Crippen LogP) is 1.72. The van der Waals surface area contributed by atoms with Gasteiger partial charge in [0.2, 0.25) is 0 Å². The third-order valence-electron chi connectivity index (χ3n) is 2.42. The zero-order chi connectivity index (χ0) is 11.2. The average Bonchev–Trinajstić information content (AvgIpc) is 2.38. The van der Waals surface area contributed by atoms with Gasteiger partial charge < -0.3 is 5.32 Å². The average molecular weight is 214 g/mol. The molecule has 0 aliphatic rings. The molecule has 0 radical (unpaired) electrons. The summed E-state index contributed by atoms with van der Waals surface area (Å²) in [6, 6.07) is 6.18. The molecule has 0 aliphatic heterocycles. The Balaban J connectivity index is 1.92. The first-order valence-corrected chi connectivity index (χ1v) is 5.24. The molecule has 0 fully saturated rings. The Morgan fingerprint density at radius 1 is 1.25 bits per heavy atom. The van der Waals surface area contributed by atoms with Gasteiger partial charge in [-0.2, -0.15) is 0 Å². The van der Waals surface area contributed by atoms with E-state index in [0.29, 0.717) is 0 Å². The molecule has 0 aliphatic carbocycles. The van der Waals surface area contributed by atoms with Crippen LogP contribution in [0.25, 0.3) is 0 Å². The van der Waals surface area contributed by atoms with Crippen LogP contribution in [-0.4, -0.2) is 15.0 Å². The topological polar surface area (TPSA) is 50.7 Å². The second-order valence-electron chi connectivity index (χ2n) is 3.59. The number of hydrogen-bond acceptors (Lipinski definition) is 4. The minimum Gasteiger partial charge on any atom is -0.305 e. The van der Waals surface area contributed by atoms with Gasteiger partial charge in [-0.25, -0.2) is 9.97 Å². The van der Waals surface area contributed by atoms with E-state index in [4.69, 9.17) is 0 Å². The summed E-state index contributed by atoms with van der Waals surface area (Å²) >= 11 is 0. The Morgan fingerprint density at radius 3 is 2.88 bits per heavy atom. The van der Waals surface area contributed by atoms with Crippen LogP contribution in [0.15, 0.2) is 43.1 Å². The number of pyridine rings is 1. The third kappa shape index (κ3) is 2.84.